The zero-order valence-electron chi connectivity index (χ0n) is 12.7. The van der Waals surface area contributed by atoms with Crippen LogP contribution in [0.3, 0.4) is 0 Å². The molecule has 1 rings (SSSR count). The van der Waals surface area contributed by atoms with Crippen molar-refractivity contribution < 1.29 is 28.8 Å². The van der Waals surface area contributed by atoms with Gasteiger partial charge in [-0.2, -0.15) is 0 Å². The summed E-state index contributed by atoms with van der Waals surface area (Å²) in [5.74, 6) is 0.148. The van der Waals surface area contributed by atoms with Crippen molar-refractivity contribution in [3.63, 3.8) is 0 Å². The van der Waals surface area contributed by atoms with Gasteiger partial charge in [0.1, 0.15) is 0 Å². The number of aliphatic carboxylic acids is 1. The molecule has 0 saturated carbocycles. The van der Waals surface area contributed by atoms with E-state index in [2.05, 4.69) is 0 Å². The molecule has 0 aliphatic rings. The Kier molecular flexibility index (Phi) is 8.40. The van der Waals surface area contributed by atoms with Gasteiger partial charge in [-0.05, 0) is 17.7 Å². The fraction of sp³-hybridized carbons (Fsp3) is 0.312. The summed E-state index contributed by atoms with van der Waals surface area (Å²) in [7, 11) is 3.15. The Morgan fingerprint density at radius 3 is 2.68 bits per heavy atom. The van der Waals surface area contributed by atoms with Gasteiger partial charge in [-0.25, -0.2) is 4.79 Å². The maximum Gasteiger partial charge on any atom is 0.328 e. The molecule has 1 N–H and O–H groups in total. The van der Waals surface area contributed by atoms with Crippen LogP contribution in [0.5, 0.6) is 11.5 Å². The zero-order chi connectivity index (χ0) is 16.2. The third-order valence-electron chi connectivity index (χ3n) is 2.56. The van der Waals surface area contributed by atoms with Gasteiger partial charge in [-0.1, -0.05) is 24.3 Å². The standard InChI is InChI=1S/C16H20O6/c1-19-9-10-21-12-22-15-11-13(7-8-14(15)20-2)5-3-4-6-16(17)18/h3-8,11H,9-10,12H2,1-2H3,(H,17,18)/b5-3+,6-4+. The molecule has 0 aliphatic carbocycles. The molecular formula is C16H20O6. The maximum atomic E-state index is 10.4. The van der Waals surface area contributed by atoms with Gasteiger partial charge in [0.2, 0.25) is 0 Å². The van der Waals surface area contributed by atoms with E-state index in [4.69, 9.17) is 24.1 Å². The number of ether oxygens (including phenoxy) is 4. The molecule has 0 fully saturated rings. The summed E-state index contributed by atoms with van der Waals surface area (Å²) in [4.78, 5) is 10.4. The van der Waals surface area contributed by atoms with Gasteiger partial charge in [0.15, 0.2) is 18.3 Å². The lowest BCUT2D eigenvalue weighted by molar-refractivity contribution is -0.131. The van der Waals surface area contributed by atoms with Crippen LogP contribution in [0.25, 0.3) is 6.08 Å². The predicted octanol–water partition coefficient (Wildman–Crippen LogP) is 2.35. The van der Waals surface area contributed by atoms with Crippen molar-refractivity contribution in [1.29, 1.82) is 0 Å². The Labute approximate surface area is 129 Å². The Morgan fingerprint density at radius 2 is 2.00 bits per heavy atom. The third-order valence-corrected chi connectivity index (χ3v) is 2.56. The topological polar surface area (TPSA) is 74.2 Å². The molecule has 0 amide bonds. The molecular weight excluding hydrogens is 288 g/mol. The van der Waals surface area contributed by atoms with Crippen molar-refractivity contribution in [3.8, 4) is 11.5 Å². The van der Waals surface area contributed by atoms with Crippen molar-refractivity contribution in [2.75, 3.05) is 34.2 Å². The Hall–Kier alpha value is -2.31. The predicted molar refractivity (Wildman–Crippen MR) is 82.1 cm³/mol. The van der Waals surface area contributed by atoms with E-state index in [9.17, 15) is 4.79 Å². The quantitative estimate of drug-likeness (QED) is 0.309. The zero-order valence-corrected chi connectivity index (χ0v) is 12.7. The van der Waals surface area contributed by atoms with Gasteiger partial charge < -0.3 is 24.1 Å². The monoisotopic (exact) mass is 308 g/mol. The van der Waals surface area contributed by atoms with Crippen LogP contribution in [0.1, 0.15) is 5.56 Å². The maximum absolute atomic E-state index is 10.4. The van der Waals surface area contributed by atoms with Crippen LogP contribution >= 0.6 is 0 Å². The molecule has 22 heavy (non-hydrogen) atoms. The summed E-state index contributed by atoms with van der Waals surface area (Å²) in [6.07, 6.45) is 5.90. The molecule has 0 aromatic heterocycles. The third kappa shape index (κ3) is 6.92. The van der Waals surface area contributed by atoms with E-state index in [-0.39, 0.29) is 6.79 Å². The Balaban J connectivity index is 2.65. The molecule has 0 unspecified atom stereocenters. The Morgan fingerprint density at radius 1 is 1.18 bits per heavy atom. The molecule has 0 bridgehead atoms. The average molecular weight is 308 g/mol. The highest BCUT2D eigenvalue weighted by molar-refractivity contribution is 5.80. The number of carbonyl (C=O) groups is 1. The second kappa shape index (κ2) is 10.4. The molecule has 6 nitrogen and oxygen atoms in total. The highest BCUT2D eigenvalue weighted by atomic mass is 16.7. The first-order valence-corrected chi connectivity index (χ1v) is 6.62. The minimum atomic E-state index is -0.989. The minimum Gasteiger partial charge on any atom is -0.493 e. The van der Waals surface area contributed by atoms with Crippen molar-refractivity contribution in [2.45, 2.75) is 0 Å². The number of hydrogen-bond acceptors (Lipinski definition) is 5. The number of benzene rings is 1. The van der Waals surface area contributed by atoms with Crippen LogP contribution in [0.2, 0.25) is 0 Å². The number of carboxylic acids is 1. The van der Waals surface area contributed by atoms with Gasteiger partial charge in [0.05, 0.1) is 20.3 Å². The molecule has 0 heterocycles. The minimum absolute atomic E-state index is 0.0891. The molecule has 1 aromatic carbocycles. The normalized spacial score (nSPS) is 11.2. The SMILES string of the molecule is COCCOCOc1cc(/C=C/C=C/C(=O)O)ccc1OC. The smallest absolute Gasteiger partial charge is 0.328 e. The number of methoxy groups -OCH3 is 2. The van der Waals surface area contributed by atoms with Crippen LogP contribution in [-0.2, 0) is 14.3 Å². The Bertz CT molecular complexity index is 521. The number of allylic oxidation sites excluding steroid dienone is 2. The second-order valence-corrected chi connectivity index (χ2v) is 4.13. The number of rotatable bonds is 10. The molecule has 0 spiro atoms. The van der Waals surface area contributed by atoms with Gasteiger partial charge in [0, 0.05) is 13.2 Å². The fourth-order valence-electron chi connectivity index (χ4n) is 1.52. The highest BCUT2D eigenvalue weighted by Gasteiger charge is 2.04. The molecule has 6 heteroatoms. The molecule has 0 aliphatic heterocycles. The summed E-state index contributed by atoms with van der Waals surface area (Å²) in [5.41, 5.74) is 0.850. The van der Waals surface area contributed by atoms with Crippen LogP contribution in [0.4, 0.5) is 0 Å². The van der Waals surface area contributed by atoms with Crippen LogP contribution < -0.4 is 9.47 Å². The summed E-state index contributed by atoms with van der Waals surface area (Å²) in [6, 6.07) is 5.39. The first kappa shape index (κ1) is 17.7. The summed E-state index contributed by atoms with van der Waals surface area (Å²) < 4.78 is 20.8. The van der Waals surface area contributed by atoms with Crippen molar-refractivity contribution >= 4 is 12.0 Å². The average Bonchev–Trinajstić information content (AvgIpc) is 2.51. The van der Waals surface area contributed by atoms with Crippen molar-refractivity contribution in [2.24, 2.45) is 0 Å². The lowest BCUT2D eigenvalue weighted by Crippen LogP contribution is -2.08. The van der Waals surface area contributed by atoms with E-state index < -0.39 is 5.97 Å². The van der Waals surface area contributed by atoms with Gasteiger partial charge in [0.25, 0.3) is 0 Å². The lowest BCUT2D eigenvalue weighted by atomic mass is 10.2. The number of hydrogen-bond donors (Lipinski definition) is 1. The number of carboxylic acid groups (broad SMARTS) is 1. The van der Waals surface area contributed by atoms with Crippen LogP contribution in [-0.4, -0.2) is 45.3 Å². The summed E-state index contributed by atoms with van der Waals surface area (Å²) in [5, 5.41) is 8.50. The largest absolute Gasteiger partial charge is 0.493 e. The second-order valence-electron chi connectivity index (χ2n) is 4.13. The van der Waals surface area contributed by atoms with Crippen molar-refractivity contribution in [1.82, 2.24) is 0 Å². The van der Waals surface area contributed by atoms with Crippen LogP contribution in [0.15, 0.2) is 36.4 Å². The van der Waals surface area contributed by atoms with Gasteiger partial charge in [-0.3, -0.25) is 0 Å². The summed E-state index contributed by atoms with van der Waals surface area (Å²) >= 11 is 0. The molecule has 0 atom stereocenters. The molecule has 0 saturated heterocycles. The molecule has 120 valence electrons. The van der Waals surface area contributed by atoms with Crippen LogP contribution in [0, 0.1) is 0 Å². The van der Waals surface area contributed by atoms with E-state index in [1.165, 1.54) is 6.08 Å². The van der Waals surface area contributed by atoms with E-state index in [1.54, 1.807) is 38.5 Å². The molecule has 1 aromatic rings. The van der Waals surface area contributed by atoms with Gasteiger partial charge >= 0.3 is 5.97 Å². The van der Waals surface area contributed by atoms with E-state index in [0.717, 1.165) is 11.6 Å². The first-order chi connectivity index (χ1) is 10.7. The van der Waals surface area contributed by atoms with E-state index in [0.29, 0.717) is 24.7 Å². The van der Waals surface area contributed by atoms with E-state index in [1.807, 2.05) is 6.07 Å². The van der Waals surface area contributed by atoms with Crippen molar-refractivity contribution in [3.05, 3.63) is 42.0 Å². The van der Waals surface area contributed by atoms with E-state index >= 15 is 0 Å². The highest BCUT2D eigenvalue weighted by Crippen LogP contribution is 2.28. The molecule has 0 radical (unpaired) electrons. The lowest BCUT2D eigenvalue weighted by Gasteiger charge is -2.11. The first-order valence-electron chi connectivity index (χ1n) is 6.62. The summed E-state index contributed by atoms with van der Waals surface area (Å²) in [6.45, 7) is 1.03. The fourth-order valence-corrected chi connectivity index (χ4v) is 1.52. The van der Waals surface area contributed by atoms with Gasteiger partial charge in [-0.15, -0.1) is 0 Å².